The van der Waals surface area contributed by atoms with Crippen LogP contribution in [0.3, 0.4) is 0 Å². The van der Waals surface area contributed by atoms with Gasteiger partial charge in [-0.25, -0.2) is 0 Å². The third-order valence-electron chi connectivity index (χ3n) is 5.94. The third-order valence-corrected chi connectivity index (χ3v) is 5.94. The zero-order chi connectivity index (χ0) is 22.2. The molecule has 4 rings (SSSR count). The number of rotatable bonds is 7. The highest BCUT2D eigenvalue weighted by Crippen LogP contribution is 2.45. The number of nitrogens with zero attached hydrogens (tertiary/aromatic N) is 4. The molecule has 0 saturated carbocycles. The quantitative estimate of drug-likeness (QED) is 0.523. The normalized spacial score (nSPS) is 18.1. The first-order valence-corrected chi connectivity index (χ1v) is 10.5. The monoisotopic (exact) mass is 422 g/mol. The first-order valence-electron chi connectivity index (χ1n) is 10.5. The lowest BCUT2D eigenvalue weighted by Gasteiger charge is -2.32. The van der Waals surface area contributed by atoms with Crippen molar-refractivity contribution in [2.24, 2.45) is 7.05 Å². The molecule has 2 aromatic heterocycles. The van der Waals surface area contributed by atoms with Crippen molar-refractivity contribution in [3.8, 4) is 11.4 Å². The van der Waals surface area contributed by atoms with Crippen LogP contribution in [0.5, 0.6) is 0 Å². The Morgan fingerprint density at radius 3 is 2.61 bits per heavy atom. The van der Waals surface area contributed by atoms with Gasteiger partial charge in [0.25, 0.3) is 5.91 Å². The van der Waals surface area contributed by atoms with Gasteiger partial charge in [-0.1, -0.05) is 41.7 Å². The molecular formula is C24H27FN4O2. The van der Waals surface area contributed by atoms with E-state index in [9.17, 15) is 4.79 Å². The maximum atomic E-state index is 15.4. The van der Waals surface area contributed by atoms with Crippen molar-refractivity contribution < 1.29 is 14.0 Å². The van der Waals surface area contributed by atoms with E-state index in [0.29, 0.717) is 41.4 Å². The maximum absolute atomic E-state index is 15.4. The fraction of sp³-hybridized carbons (Fsp3) is 0.375. The summed E-state index contributed by atoms with van der Waals surface area (Å²) in [5, 5.41) is 4.75. The Balaban J connectivity index is 1.81. The molecule has 1 aromatic carbocycles. The minimum Gasteiger partial charge on any atom is -0.374 e. The van der Waals surface area contributed by atoms with E-state index in [0.717, 1.165) is 16.8 Å². The third kappa shape index (κ3) is 3.63. The predicted octanol–water partition coefficient (Wildman–Crippen LogP) is 4.60. The molecule has 1 aliphatic heterocycles. The van der Waals surface area contributed by atoms with Gasteiger partial charge in [-0.3, -0.25) is 14.5 Å². The van der Waals surface area contributed by atoms with E-state index in [1.807, 2.05) is 64.2 Å². The van der Waals surface area contributed by atoms with Crippen LogP contribution in [-0.4, -0.2) is 31.9 Å². The van der Waals surface area contributed by atoms with Gasteiger partial charge < -0.3 is 4.74 Å². The molecule has 0 bridgehead atoms. The maximum Gasteiger partial charge on any atom is 0.284 e. The van der Waals surface area contributed by atoms with Crippen LogP contribution >= 0.6 is 0 Å². The summed E-state index contributed by atoms with van der Waals surface area (Å²) in [6.07, 6.45) is 4.16. The average Bonchev–Trinajstić information content (AvgIpc) is 3.24. The number of fused-ring (bicyclic) bond motifs is 1. The van der Waals surface area contributed by atoms with Crippen LogP contribution in [0.2, 0.25) is 0 Å². The Morgan fingerprint density at radius 1 is 1.19 bits per heavy atom. The minimum atomic E-state index is -1.07. The van der Waals surface area contributed by atoms with E-state index in [-0.39, 0.29) is 6.10 Å². The predicted molar refractivity (Wildman–Crippen MR) is 116 cm³/mol. The molecule has 1 unspecified atom stereocenters. The number of benzene rings is 1. The zero-order valence-corrected chi connectivity index (χ0v) is 18.3. The van der Waals surface area contributed by atoms with Crippen molar-refractivity contribution in [3.63, 3.8) is 0 Å². The lowest BCUT2D eigenvalue weighted by atomic mass is 9.82. The number of aromatic nitrogens is 3. The van der Waals surface area contributed by atoms with E-state index in [4.69, 9.17) is 4.74 Å². The highest BCUT2D eigenvalue weighted by molar-refractivity contribution is 5.99. The molecule has 3 aromatic rings. The van der Waals surface area contributed by atoms with Gasteiger partial charge in [0.2, 0.25) is 0 Å². The Bertz CT molecular complexity index is 1100. The van der Waals surface area contributed by atoms with Gasteiger partial charge in [0.15, 0.2) is 0 Å². The second kappa shape index (κ2) is 8.23. The summed E-state index contributed by atoms with van der Waals surface area (Å²) >= 11 is 0. The number of halogens is 1. The number of amides is 1. The summed E-state index contributed by atoms with van der Waals surface area (Å²) in [5.41, 5.74) is 3.22. The van der Waals surface area contributed by atoms with E-state index in [2.05, 4.69) is 10.1 Å². The number of carbonyl (C=O) groups excluding carboxylic acids is 1. The molecular weight excluding hydrogens is 395 g/mol. The summed E-state index contributed by atoms with van der Waals surface area (Å²) in [7, 11) is 1.84. The average molecular weight is 423 g/mol. The van der Waals surface area contributed by atoms with Crippen molar-refractivity contribution >= 4 is 5.91 Å². The summed E-state index contributed by atoms with van der Waals surface area (Å²) in [5.74, 6) is -0.639. The SMILES string of the molecule is CCC1(Cc2ccccc2)c2cc(-c3c(COC(C)C)cnn3C)ncc2C(=O)N1F. The highest BCUT2D eigenvalue weighted by atomic mass is 19.2. The topological polar surface area (TPSA) is 60.2 Å². The fourth-order valence-corrected chi connectivity index (χ4v) is 4.27. The van der Waals surface area contributed by atoms with Crippen LogP contribution in [0.25, 0.3) is 11.4 Å². The molecule has 0 saturated heterocycles. The lowest BCUT2D eigenvalue weighted by Crippen LogP contribution is -2.39. The Kier molecular flexibility index (Phi) is 5.62. The minimum absolute atomic E-state index is 0.0809. The van der Waals surface area contributed by atoms with Gasteiger partial charge in [0.1, 0.15) is 5.54 Å². The first kappa shape index (κ1) is 21.2. The van der Waals surface area contributed by atoms with Crippen LogP contribution in [0.1, 0.15) is 54.2 Å². The number of hydrogen-bond acceptors (Lipinski definition) is 4. The Morgan fingerprint density at radius 2 is 1.94 bits per heavy atom. The molecule has 0 fully saturated rings. The lowest BCUT2D eigenvalue weighted by molar-refractivity contribution is -0.0490. The first-order chi connectivity index (χ1) is 14.9. The van der Waals surface area contributed by atoms with Crippen LogP contribution in [0.15, 0.2) is 48.8 Å². The number of hydrogen-bond donors (Lipinski definition) is 0. The number of carbonyl (C=O) groups is 1. The van der Waals surface area contributed by atoms with Crippen LogP contribution in [0.4, 0.5) is 4.48 Å². The van der Waals surface area contributed by atoms with Gasteiger partial charge in [0, 0.05) is 25.2 Å². The van der Waals surface area contributed by atoms with Gasteiger partial charge in [0.05, 0.1) is 35.9 Å². The van der Waals surface area contributed by atoms with Crippen molar-refractivity contribution in [3.05, 3.63) is 71.0 Å². The van der Waals surface area contributed by atoms with Crippen molar-refractivity contribution in [2.45, 2.75) is 51.9 Å². The van der Waals surface area contributed by atoms with Crippen molar-refractivity contribution in [2.75, 3.05) is 0 Å². The summed E-state index contributed by atoms with van der Waals surface area (Å²) in [6, 6.07) is 11.5. The molecule has 0 spiro atoms. The van der Waals surface area contributed by atoms with E-state index in [1.54, 1.807) is 10.9 Å². The van der Waals surface area contributed by atoms with Crippen LogP contribution in [-0.2, 0) is 30.4 Å². The van der Waals surface area contributed by atoms with Crippen molar-refractivity contribution in [1.29, 1.82) is 0 Å². The van der Waals surface area contributed by atoms with Gasteiger partial charge in [-0.15, -0.1) is 0 Å². The summed E-state index contributed by atoms with van der Waals surface area (Å²) in [4.78, 5) is 17.2. The molecule has 0 radical (unpaired) electrons. The van der Waals surface area contributed by atoms with Gasteiger partial charge in [-0.05, 0) is 37.5 Å². The molecule has 7 heteroatoms. The molecule has 3 heterocycles. The number of aryl methyl sites for hydroxylation is 1. The van der Waals surface area contributed by atoms with Crippen LogP contribution in [0, 0.1) is 0 Å². The molecule has 1 amide bonds. The van der Waals surface area contributed by atoms with Crippen molar-refractivity contribution in [1.82, 2.24) is 19.9 Å². The smallest absolute Gasteiger partial charge is 0.284 e. The number of pyridine rings is 1. The second-order valence-electron chi connectivity index (χ2n) is 8.25. The van der Waals surface area contributed by atoms with Gasteiger partial charge in [-0.2, -0.15) is 10.2 Å². The highest BCUT2D eigenvalue weighted by Gasteiger charge is 2.50. The van der Waals surface area contributed by atoms with Gasteiger partial charge >= 0.3 is 0 Å². The molecule has 1 aliphatic rings. The molecule has 0 N–H and O–H groups in total. The van der Waals surface area contributed by atoms with E-state index < -0.39 is 11.4 Å². The largest absolute Gasteiger partial charge is 0.374 e. The summed E-state index contributed by atoms with van der Waals surface area (Å²) in [6.45, 7) is 6.26. The summed E-state index contributed by atoms with van der Waals surface area (Å²) < 4.78 is 22.9. The molecule has 0 aliphatic carbocycles. The zero-order valence-electron chi connectivity index (χ0n) is 18.3. The van der Waals surface area contributed by atoms with E-state index in [1.165, 1.54) is 6.20 Å². The molecule has 6 nitrogen and oxygen atoms in total. The standard InChI is InChI=1S/C24H27FN4O2/c1-5-24(12-17-9-7-6-8-10-17)20-11-21(26-14-19(20)23(30)29(24)25)22-18(13-27-28(22)4)15-31-16(2)3/h6-11,13-14,16H,5,12,15H2,1-4H3. The molecule has 31 heavy (non-hydrogen) atoms. The Labute approximate surface area is 181 Å². The fourth-order valence-electron chi connectivity index (χ4n) is 4.27. The second-order valence-corrected chi connectivity index (χ2v) is 8.25. The molecule has 1 atom stereocenters. The molecule has 162 valence electrons. The number of ether oxygens (including phenoxy) is 1. The van der Waals surface area contributed by atoms with Crippen LogP contribution < -0.4 is 0 Å². The van der Waals surface area contributed by atoms with E-state index >= 15 is 4.48 Å². The Hall–Kier alpha value is -3.06.